The fourth-order valence-electron chi connectivity index (χ4n) is 2.83. The highest BCUT2D eigenvalue weighted by Crippen LogP contribution is 2.46. The zero-order chi connectivity index (χ0) is 11.2. The monoisotopic (exact) mass is 215 g/mol. The van der Waals surface area contributed by atoms with Crippen molar-refractivity contribution in [2.75, 3.05) is 5.32 Å². The van der Waals surface area contributed by atoms with Crippen molar-refractivity contribution in [1.82, 2.24) is 0 Å². The molecule has 82 valence electrons. The third-order valence-corrected chi connectivity index (χ3v) is 3.79. The SMILES string of the molecule is O=C1CCC2(CC1)C(=O)Nc1ccccc12. The molecule has 0 bridgehead atoms. The van der Waals surface area contributed by atoms with Crippen LogP contribution in [0.25, 0.3) is 0 Å². The summed E-state index contributed by atoms with van der Waals surface area (Å²) >= 11 is 0. The van der Waals surface area contributed by atoms with Crippen LogP contribution in [0.2, 0.25) is 0 Å². The Morgan fingerprint density at radius 3 is 2.50 bits per heavy atom. The van der Waals surface area contributed by atoms with Gasteiger partial charge in [0.05, 0.1) is 5.41 Å². The molecule has 3 nitrogen and oxygen atoms in total. The highest BCUT2D eigenvalue weighted by molar-refractivity contribution is 6.07. The Hall–Kier alpha value is -1.64. The molecule has 16 heavy (non-hydrogen) atoms. The minimum atomic E-state index is -0.426. The van der Waals surface area contributed by atoms with Crippen LogP contribution in [0.3, 0.4) is 0 Å². The summed E-state index contributed by atoms with van der Waals surface area (Å²) in [5.41, 5.74) is 1.57. The van der Waals surface area contributed by atoms with Crippen molar-refractivity contribution in [3.63, 3.8) is 0 Å². The van der Waals surface area contributed by atoms with Crippen LogP contribution >= 0.6 is 0 Å². The maximum Gasteiger partial charge on any atom is 0.235 e. The lowest BCUT2D eigenvalue weighted by Crippen LogP contribution is -2.38. The van der Waals surface area contributed by atoms with Crippen molar-refractivity contribution in [1.29, 1.82) is 0 Å². The van der Waals surface area contributed by atoms with Gasteiger partial charge in [0.15, 0.2) is 0 Å². The van der Waals surface area contributed by atoms with E-state index in [1.807, 2.05) is 24.3 Å². The van der Waals surface area contributed by atoms with Gasteiger partial charge in [-0.2, -0.15) is 0 Å². The molecule has 1 N–H and O–H groups in total. The Morgan fingerprint density at radius 2 is 1.75 bits per heavy atom. The number of fused-ring (bicyclic) bond motifs is 2. The molecule has 1 aromatic carbocycles. The first-order valence-corrected chi connectivity index (χ1v) is 5.65. The predicted octanol–water partition coefficient (Wildman–Crippen LogP) is 2.02. The van der Waals surface area contributed by atoms with Gasteiger partial charge in [0.2, 0.25) is 5.91 Å². The Morgan fingerprint density at radius 1 is 1.06 bits per heavy atom. The molecule has 2 aliphatic rings. The van der Waals surface area contributed by atoms with Gasteiger partial charge in [0.25, 0.3) is 0 Å². The molecule has 1 aliphatic carbocycles. The van der Waals surface area contributed by atoms with Gasteiger partial charge in [-0.15, -0.1) is 0 Å². The summed E-state index contributed by atoms with van der Waals surface area (Å²) in [5.74, 6) is 0.351. The minimum absolute atomic E-state index is 0.0706. The van der Waals surface area contributed by atoms with Gasteiger partial charge < -0.3 is 5.32 Å². The number of hydrogen-bond acceptors (Lipinski definition) is 2. The highest BCUT2D eigenvalue weighted by Gasteiger charge is 2.48. The molecule has 1 spiro atoms. The fourth-order valence-corrected chi connectivity index (χ4v) is 2.83. The van der Waals surface area contributed by atoms with E-state index in [1.165, 1.54) is 0 Å². The molecule has 1 fully saturated rings. The molecule has 0 aromatic heterocycles. The van der Waals surface area contributed by atoms with Crippen molar-refractivity contribution in [2.45, 2.75) is 31.1 Å². The summed E-state index contributed by atoms with van der Waals surface area (Å²) in [6.07, 6.45) is 2.38. The molecule has 3 rings (SSSR count). The normalized spacial score (nSPS) is 22.0. The van der Waals surface area contributed by atoms with Crippen LogP contribution in [0, 0.1) is 0 Å². The summed E-state index contributed by atoms with van der Waals surface area (Å²) in [5, 5.41) is 2.92. The Balaban J connectivity index is 2.07. The van der Waals surface area contributed by atoms with Gasteiger partial charge in [-0.25, -0.2) is 0 Å². The molecule has 3 heteroatoms. The van der Waals surface area contributed by atoms with Crippen molar-refractivity contribution in [3.8, 4) is 0 Å². The van der Waals surface area contributed by atoms with Crippen molar-refractivity contribution >= 4 is 17.4 Å². The smallest absolute Gasteiger partial charge is 0.235 e. The number of Topliss-reactive ketones (excluding diaryl/α,β-unsaturated/α-hetero) is 1. The van der Waals surface area contributed by atoms with Crippen LogP contribution < -0.4 is 5.32 Å². The van der Waals surface area contributed by atoms with E-state index in [0.29, 0.717) is 25.7 Å². The quantitative estimate of drug-likeness (QED) is 0.719. The Kier molecular flexibility index (Phi) is 1.90. The Labute approximate surface area is 93.8 Å². The largest absolute Gasteiger partial charge is 0.325 e. The predicted molar refractivity (Wildman–Crippen MR) is 60.2 cm³/mol. The maximum atomic E-state index is 12.1. The van der Waals surface area contributed by atoms with Crippen LogP contribution in [0.15, 0.2) is 24.3 Å². The van der Waals surface area contributed by atoms with Gasteiger partial charge in [0, 0.05) is 18.5 Å². The lowest BCUT2D eigenvalue weighted by Gasteiger charge is -2.30. The average Bonchev–Trinajstić information content (AvgIpc) is 2.57. The summed E-state index contributed by atoms with van der Waals surface area (Å²) in [6.45, 7) is 0. The van der Waals surface area contributed by atoms with E-state index in [2.05, 4.69) is 5.32 Å². The minimum Gasteiger partial charge on any atom is -0.325 e. The van der Waals surface area contributed by atoms with Crippen molar-refractivity contribution in [2.24, 2.45) is 0 Å². The molecule has 1 aromatic rings. The first-order chi connectivity index (χ1) is 7.72. The maximum absolute atomic E-state index is 12.1. The molecule has 0 saturated heterocycles. The summed E-state index contributed by atoms with van der Waals surface area (Å²) in [4.78, 5) is 23.4. The number of para-hydroxylation sites is 1. The van der Waals surface area contributed by atoms with E-state index in [0.717, 1.165) is 11.3 Å². The van der Waals surface area contributed by atoms with Crippen LogP contribution in [-0.2, 0) is 15.0 Å². The van der Waals surface area contributed by atoms with Gasteiger partial charge in [-0.3, -0.25) is 9.59 Å². The van der Waals surface area contributed by atoms with Crippen molar-refractivity contribution in [3.05, 3.63) is 29.8 Å². The van der Waals surface area contributed by atoms with E-state index in [-0.39, 0.29) is 11.7 Å². The number of benzene rings is 1. The standard InChI is InChI=1S/C13H13NO2/c15-9-5-7-13(8-6-9)10-3-1-2-4-11(10)14-12(13)16/h1-4H,5-8H2,(H,14,16). The van der Waals surface area contributed by atoms with Gasteiger partial charge in [-0.1, -0.05) is 18.2 Å². The average molecular weight is 215 g/mol. The van der Waals surface area contributed by atoms with Gasteiger partial charge >= 0.3 is 0 Å². The first-order valence-electron chi connectivity index (χ1n) is 5.65. The summed E-state index contributed by atoms with van der Waals surface area (Å²) in [6, 6.07) is 7.81. The molecule has 1 saturated carbocycles. The van der Waals surface area contributed by atoms with Crippen LogP contribution in [0.4, 0.5) is 5.69 Å². The number of ketones is 1. The molecule has 0 unspecified atom stereocenters. The molecular formula is C13H13NO2. The van der Waals surface area contributed by atoms with E-state index in [4.69, 9.17) is 0 Å². The van der Waals surface area contributed by atoms with Crippen LogP contribution in [-0.4, -0.2) is 11.7 Å². The van der Waals surface area contributed by atoms with Gasteiger partial charge in [0.1, 0.15) is 5.78 Å². The zero-order valence-electron chi connectivity index (χ0n) is 8.95. The number of anilines is 1. The molecule has 0 radical (unpaired) electrons. The third kappa shape index (κ3) is 1.14. The second kappa shape index (κ2) is 3.17. The summed E-state index contributed by atoms with van der Waals surface area (Å²) < 4.78 is 0. The highest BCUT2D eigenvalue weighted by atomic mass is 16.2. The number of rotatable bonds is 0. The fraction of sp³-hybridized carbons (Fsp3) is 0.385. The lowest BCUT2D eigenvalue weighted by atomic mass is 9.70. The second-order valence-electron chi connectivity index (χ2n) is 4.62. The van der Waals surface area contributed by atoms with E-state index >= 15 is 0 Å². The third-order valence-electron chi connectivity index (χ3n) is 3.79. The number of nitrogens with one attached hydrogen (secondary N) is 1. The zero-order valence-corrected chi connectivity index (χ0v) is 8.95. The van der Waals surface area contributed by atoms with Crippen LogP contribution in [0.5, 0.6) is 0 Å². The lowest BCUT2D eigenvalue weighted by molar-refractivity contribution is -0.126. The number of hydrogen-bond donors (Lipinski definition) is 1. The topological polar surface area (TPSA) is 46.2 Å². The number of amides is 1. The van der Waals surface area contributed by atoms with E-state index in [9.17, 15) is 9.59 Å². The van der Waals surface area contributed by atoms with Gasteiger partial charge in [-0.05, 0) is 24.5 Å². The first kappa shape index (κ1) is 9.58. The van der Waals surface area contributed by atoms with E-state index < -0.39 is 5.41 Å². The molecular weight excluding hydrogens is 202 g/mol. The molecule has 1 amide bonds. The van der Waals surface area contributed by atoms with E-state index in [1.54, 1.807) is 0 Å². The molecule has 1 heterocycles. The molecule has 1 aliphatic heterocycles. The summed E-state index contributed by atoms with van der Waals surface area (Å²) in [7, 11) is 0. The van der Waals surface area contributed by atoms with Crippen molar-refractivity contribution < 1.29 is 9.59 Å². The van der Waals surface area contributed by atoms with Crippen LogP contribution in [0.1, 0.15) is 31.2 Å². The Bertz CT molecular complexity index is 469. The second-order valence-corrected chi connectivity index (χ2v) is 4.62. The molecule has 0 atom stereocenters. The number of carbonyl (C=O) groups is 2. The number of carbonyl (C=O) groups excluding carboxylic acids is 2.